The highest BCUT2D eigenvalue weighted by Gasteiger charge is 2.17. The molecule has 0 aliphatic heterocycles. The monoisotopic (exact) mass is 279 g/mol. The van der Waals surface area contributed by atoms with Crippen LogP contribution >= 0.6 is 0 Å². The van der Waals surface area contributed by atoms with Gasteiger partial charge in [-0.1, -0.05) is 5.16 Å². The zero-order valence-corrected chi connectivity index (χ0v) is 10.5. The van der Waals surface area contributed by atoms with Gasteiger partial charge in [0.25, 0.3) is 0 Å². The minimum atomic E-state index is -0.769. The molecule has 0 saturated carbocycles. The van der Waals surface area contributed by atoms with E-state index in [1.165, 1.54) is 25.3 Å². The molecule has 0 spiro atoms. The number of nitrogens with zero attached hydrogens (tertiary/aromatic N) is 1. The average Bonchev–Trinajstić information content (AvgIpc) is 2.44. The minimum absolute atomic E-state index is 0.0535. The normalized spacial score (nSPS) is 11.4. The minimum Gasteiger partial charge on any atom is -0.507 e. The molecule has 2 aromatic carbocycles. The number of hydrogen-bond donors (Lipinski definition) is 2. The smallest absolute Gasteiger partial charge is 0.132 e. The highest BCUT2D eigenvalue weighted by Crippen LogP contribution is 2.27. The maximum Gasteiger partial charge on any atom is 0.132 e. The fourth-order valence-electron chi connectivity index (χ4n) is 1.77. The van der Waals surface area contributed by atoms with Crippen molar-refractivity contribution in [2.75, 3.05) is 7.11 Å². The lowest BCUT2D eigenvalue weighted by molar-refractivity contribution is 0.319. The Morgan fingerprint density at radius 2 is 1.85 bits per heavy atom. The van der Waals surface area contributed by atoms with Gasteiger partial charge in [-0.15, -0.1) is 0 Å². The van der Waals surface area contributed by atoms with Gasteiger partial charge in [-0.2, -0.15) is 0 Å². The molecule has 0 unspecified atom stereocenters. The summed E-state index contributed by atoms with van der Waals surface area (Å²) in [7, 11) is 1.42. The molecule has 0 aromatic heterocycles. The van der Waals surface area contributed by atoms with Crippen molar-refractivity contribution >= 4 is 5.71 Å². The number of oxime groups is 1. The second-order valence-electron chi connectivity index (χ2n) is 3.96. The van der Waals surface area contributed by atoms with Crippen molar-refractivity contribution in [1.29, 1.82) is 0 Å². The molecule has 20 heavy (non-hydrogen) atoms. The number of hydrogen-bond acceptors (Lipinski definition) is 4. The number of benzene rings is 2. The van der Waals surface area contributed by atoms with Crippen molar-refractivity contribution in [2.45, 2.75) is 0 Å². The van der Waals surface area contributed by atoms with Crippen LogP contribution in [0.5, 0.6) is 11.5 Å². The number of rotatable bonds is 3. The first kappa shape index (κ1) is 13.8. The van der Waals surface area contributed by atoms with Gasteiger partial charge in [-0.25, -0.2) is 8.78 Å². The Kier molecular flexibility index (Phi) is 3.84. The summed E-state index contributed by atoms with van der Waals surface area (Å²) in [5.74, 6) is -1.35. The first-order valence-corrected chi connectivity index (χ1v) is 5.61. The van der Waals surface area contributed by atoms with E-state index in [0.717, 1.165) is 18.2 Å². The highest BCUT2D eigenvalue weighted by molar-refractivity contribution is 6.14. The van der Waals surface area contributed by atoms with Crippen LogP contribution in [0.4, 0.5) is 8.78 Å². The predicted octanol–water partition coefficient (Wildman–Crippen LogP) is 2.91. The largest absolute Gasteiger partial charge is 0.507 e. The predicted molar refractivity (Wildman–Crippen MR) is 68.4 cm³/mol. The number of ether oxygens (including phenoxy) is 1. The number of phenolic OH excluding ortho intramolecular Hbond substituents is 1. The maximum absolute atomic E-state index is 13.7. The Balaban J connectivity index is 2.56. The summed E-state index contributed by atoms with van der Waals surface area (Å²) in [6.45, 7) is 0. The van der Waals surface area contributed by atoms with Gasteiger partial charge in [0, 0.05) is 17.2 Å². The molecule has 104 valence electrons. The molecule has 0 heterocycles. The van der Waals surface area contributed by atoms with Gasteiger partial charge in [0.15, 0.2) is 0 Å². The topological polar surface area (TPSA) is 62.0 Å². The van der Waals surface area contributed by atoms with Gasteiger partial charge in [-0.05, 0) is 30.3 Å². The lowest BCUT2D eigenvalue weighted by atomic mass is 10.0. The Hall–Kier alpha value is -2.63. The summed E-state index contributed by atoms with van der Waals surface area (Å²) in [6.07, 6.45) is 0. The van der Waals surface area contributed by atoms with E-state index in [1.807, 2.05) is 0 Å². The fourth-order valence-corrected chi connectivity index (χ4v) is 1.77. The molecule has 2 N–H and O–H groups in total. The van der Waals surface area contributed by atoms with Gasteiger partial charge in [-0.3, -0.25) is 0 Å². The van der Waals surface area contributed by atoms with Gasteiger partial charge < -0.3 is 15.1 Å². The van der Waals surface area contributed by atoms with Crippen molar-refractivity contribution < 1.29 is 23.8 Å². The second-order valence-corrected chi connectivity index (χ2v) is 3.96. The van der Waals surface area contributed by atoms with Crippen LogP contribution in [0.1, 0.15) is 11.1 Å². The highest BCUT2D eigenvalue weighted by atomic mass is 19.1. The van der Waals surface area contributed by atoms with E-state index in [4.69, 9.17) is 9.94 Å². The number of methoxy groups -OCH3 is 1. The third kappa shape index (κ3) is 2.54. The second kappa shape index (κ2) is 5.56. The SMILES string of the molecule is COc1ccc(/C(=N/O)c2cc(F)ccc2F)c(O)c1. The third-order valence-electron chi connectivity index (χ3n) is 2.74. The number of halogens is 2. The first-order chi connectivity index (χ1) is 9.56. The van der Waals surface area contributed by atoms with E-state index in [9.17, 15) is 13.9 Å². The maximum atomic E-state index is 13.7. The van der Waals surface area contributed by atoms with Crippen LogP contribution in [0, 0.1) is 11.6 Å². The molecule has 0 bridgehead atoms. The van der Waals surface area contributed by atoms with E-state index in [2.05, 4.69) is 5.16 Å². The number of aromatic hydroxyl groups is 1. The lowest BCUT2D eigenvalue weighted by Crippen LogP contribution is -2.07. The molecule has 0 fully saturated rings. The van der Waals surface area contributed by atoms with E-state index in [0.29, 0.717) is 5.75 Å². The van der Waals surface area contributed by atoms with Crippen molar-refractivity contribution in [3.05, 3.63) is 59.2 Å². The molecule has 2 aromatic rings. The van der Waals surface area contributed by atoms with Crippen molar-refractivity contribution in [1.82, 2.24) is 0 Å². The number of phenols is 1. The summed E-state index contributed by atoms with van der Waals surface area (Å²) in [4.78, 5) is 0. The van der Waals surface area contributed by atoms with Gasteiger partial charge in [0.05, 0.1) is 7.11 Å². The fraction of sp³-hybridized carbons (Fsp3) is 0.0714. The van der Waals surface area contributed by atoms with Gasteiger partial charge in [0.1, 0.15) is 28.8 Å². The van der Waals surface area contributed by atoms with Crippen LogP contribution < -0.4 is 4.74 Å². The Morgan fingerprint density at radius 3 is 2.45 bits per heavy atom. The van der Waals surface area contributed by atoms with Gasteiger partial charge >= 0.3 is 0 Å². The summed E-state index contributed by atoms with van der Waals surface area (Å²) in [5.41, 5.74) is -0.479. The zero-order chi connectivity index (χ0) is 14.7. The molecule has 0 radical (unpaired) electrons. The molecular weight excluding hydrogens is 268 g/mol. The summed E-state index contributed by atoms with van der Waals surface area (Å²) in [5, 5.41) is 21.9. The van der Waals surface area contributed by atoms with Crippen LogP contribution in [0.3, 0.4) is 0 Å². The average molecular weight is 279 g/mol. The third-order valence-corrected chi connectivity index (χ3v) is 2.74. The molecule has 0 aliphatic rings. The molecule has 4 nitrogen and oxygen atoms in total. The van der Waals surface area contributed by atoms with Crippen LogP contribution in [0.15, 0.2) is 41.6 Å². The van der Waals surface area contributed by atoms with E-state index in [-0.39, 0.29) is 22.6 Å². The molecule has 0 atom stereocenters. The molecule has 2 rings (SSSR count). The van der Waals surface area contributed by atoms with Crippen molar-refractivity contribution in [3.8, 4) is 11.5 Å². The van der Waals surface area contributed by atoms with Gasteiger partial charge in [0.2, 0.25) is 0 Å². The standard InChI is InChI=1S/C14H11F2NO3/c1-20-9-3-4-10(13(18)7-9)14(17-19)11-6-8(15)2-5-12(11)16/h2-7,18-19H,1H3/b17-14-. The van der Waals surface area contributed by atoms with Crippen LogP contribution in [-0.2, 0) is 0 Å². The lowest BCUT2D eigenvalue weighted by Gasteiger charge is -2.09. The Labute approximate surface area is 113 Å². The van der Waals surface area contributed by atoms with E-state index in [1.54, 1.807) is 0 Å². The molecule has 0 amide bonds. The Bertz CT molecular complexity index is 671. The summed E-state index contributed by atoms with van der Waals surface area (Å²) >= 11 is 0. The van der Waals surface area contributed by atoms with Crippen LogP contribution in [0.2, 0.25) is 0 Å². The van der Waals surface area contributed by atoms with Crippen LogP contribution in [0.25, 0.3) is 0 Å². The molecule has 0 aliphatic carbocycles. The summed E-state index contributed by atoms with van der Waals surface area (Å²) in [6, 6.07) is 6.90. The molecular formula is C14H11F2NO3. The van der Waals surface area contributed by atoms with E-state index < -0.39 is 11.6 Å². The first-order valence-electron chi connectivity index (χ1n) is 5.61. The quantitative estimate of drug-likeness (QED) is 0.516. The Morgan fingerprint density at radius 1 is 1.10 bits per heavy atom. The zero-order valence-electron chi connectivity index (χ0n) is 10.5. The molecule has 0 saturated heterocycles. The molecule has 6 heteroatoms. The van der Waals surface area contributed by atoms with Crippen LogP contribution in [-0.4, -0.2) is 23.1 Å². The van der Waals surface area contributed by atoms with Crippen molar-refractivity contribution in [3.63, 3.8) is 0 Å². The van der Waals surface area contributed by atoms with E-state index >= 15 is 0 Å². The van der Waals surface area contributed by atoms with Crippen molar-refractivity contribution in [2.24, 2.45) is 5.16 Å². The summed E-state index contributed by atoms with van der Waals surface area (Å²) < 4.78 is 31.8.